The molecule has 2 aromatic rings. The number of nitrogens with zero attached hydrogens (tertiary/aromatic N) is 3. The summed E-state index contributed by atoms with van der Waals surface area (Å²) < 4.78 is 6.49. The van der Waals surface area contributed by atoms with Crippen molar-refractivity contribution in [1.82, 2.24) is 14.9 Å². The monoisotopic (exact) mass is 222 g/mol. The molecule has 0 radical (unpaired) electrons. The van der Waals surface area contributed by atoms with Crippen molar-refractivity contribution in [3.05, 3.63) is 29.9 Å². The number of aromatic carboxylic acids is 1. The van der Waals surface area contributed by atoms with Crippen molar-refractivity contribution in [2.24, 2.45) is 7.05 Å². The molecule has 0 amide bonds. The van der Waals surface area contributed by atoms with Gasteiger partial charge >= 0.3 is 5.97 Å². The van der Waals surface area contributed by atoms with Crippen LogP contribution in [0, 0.1) is 0 Å². The minimum absolute atomic E-state index is 0.0945. The molecule has 0 bridgehead atoms. The van der Waals surface area contributed by atoms with Gasteiger partial charge in [0.1, 0.15) is 0 Å². The summed E-state index contributed by atoms with van der Waals surface area (Å²) in [4.78, 5) is 10.5. The summed E-state index contributed by atoms with van der Waals surface area (Å²) in [6.45, 7) is 0.367. The van der Waals surface area contributed by atoms with Gasteiger partial charge in [0.05, 0.1) is 18.4 Å². The van der Waals surface area contributed by atoms with Gasteiger partial charge in [-0.2, -0.15) is 5.10 Å². The molecule has 2 N–H and O–H groups in total. The van der Waals surface area contributed by atoms with Crippen molar-refractivity contribution >= 4 is 11.7 Å². The van der Waals surface area contributed by atoms with Crippen molar-refractivity contribution in [3.8, 4) is 0 Å². The molecule has 0 saturated heterocycles. The summed E-state index contributed by atoms with van der Waals surface area (Å²) in [5.74, 6) is -0.641. The zero-order chi connectivity index (χ0) is 11.5. The van der Waals surface area contributed by atoms with Crippen LogP contribution in [0.1, 0.15) is 16.2 Å². The van der Waals surface area contributed by atoms with Gasteiger partial charge in [-0.15, -0.1) is 0 Å². The Morgan fingerprint density at radius 1 is 1.69 bits per heavy atom. The van der Waals surface area contributed by atoms with Crippen LogP contribution in [-0.2, 0) is 13.6 Å². The lowest BCUT2D eigenvalue weighted by Crippen LogP contribution is -1.97. The molecule has 0 fully saturated rings. The number of carbonyl (C=O) groups is 1. The summed E-state index contributed by atoms with van der Waals surface area (Å²) in [6.07, 6.45) is 3.46. The fourth-order valence-corrected chi connectivity index (χ4v) is 1.20. The molecule has 0 atom stereocenters. The third kappa shape index (κ3) is 2.19. The van der Waals surface area contributed by atoms with Crippen molar-refractivity contribution in [2.45, 2.75) is 6.54 Å². The lowest BCUT2D eigenvalue weighted by molar-refractivity contribution is 0.0685. The Morgan fingerprint density at radius 2 is 2.50 bits per heavy atom. The SMILES string of the molecule is Cn1cc(NCc2cc(C(=O)O)no2)cn1. The molecule has 0 spiro atoms. The molecule has 0 aliphatic rings. The first kappa shape index (κ1) is 10.2. The minimum atomic E-state index is -1.10. The number of carboxylic acids is 1. The maximum Gasteiger partial charge on any atom is 0.358 e. The summed E-state index contributed by atoms with van der Waals surface area (Å²) in [5, 5.41) is 19.0. The Kier molecular flexibility index (Phi) is 2.59. The number of carboxylic acid groups (broad SMARTS) is 1. The Balaban J connectivity index is 1.97. The molecule has 16 heavy (non-hydrogen) atoms. The zero-order valence-corrected chi connectivity index (χ0v) is 8.54. The molecule has 0 aliphatic carbocycles. The fraction of sp³-hybridized carbons (Fsp3) is 0.222. The van der Waals surface area contributed by atoms with Crippen molar-refractivity contribution in [1.29, 1.82) is 0 Å². The van der Waals surface area contributed by atoms with Gasteiger partial charge in [0.2, 0.25) is 0 Å². The predicted octanol–water partition coefficient (Wildman–Crippen LogP) is 0.718. The smallest absolute Gasteiger partial charge is 0.358 e. The maximum atomic E-state index is 10.5. The largest absolute Gasteiger partial charge is 0.476 e. The number of rotatable bonds is 4. The van der Waals surface area contributed by atoms with Crippen LogP contribution >= 0.6 is 0 Å². The van der Waals surface area contributed by atoms with E-state index < -0.39 is 5.97 Å². The van der Waals surface area contributed by atoms with Crippen LogP contribution in [0.4, 0.5) is 5.69 Å². The Hall–Kier alpha value is -2.31. The first-order chi connectivity index (χ1) is 7.65. The van der Waals surface area contributed by atoms with Crippen LogP contribution in [0.15, 0.2) is 23.0 Å². The standard InChI is InChI=1S/C9H10N4O3/c1-13-5-6(3-11-13)10-4-7-2-8(9(14)15)12-16-7/h2-3,5,10H,4H2,1H3,(H,14,15). The van der Waals surface area contributed by atoms with Gasteiger partial charge in [0.15, 0.2) is 11.5 Å². The molecule has 0 aromatic carbocycles. The van der Waals surface area contributed by atoms with Gasteiger partial charge in [-0.1, -0.05) is 5.16 Å². The summed E-state index contributed by atoms with van der Waals surface area (Å²) >= 11 is 0. The van der Waals surface area contributed by atoms with E-state index in [1.54, 1.807) is 17.1 Å². The second kappa shape index (κ2) is 4.05. The molecular formula is C9H10N4O3. The van der Waals surface area contributed by atoms with Gasteiger partial charge in [-0.05, 0) is 0 Å². The van der Waals surface area contributed by atoms with Crippen LogP contribution in [0.2, 0.25) is 0 Å². The van der Waals surface area contributed by atoms with E-state index in [1.165, 1.54) is 6.07 Å². The first-order valence-corrected chi connectivity index (χ1v) is 4.56. The van der Waals surface area contributed by atoms with Crippen LogP contribution in [0.3, 0.4) is 0 Å². The van der Waals surface area contributed by atoms with E-state index in [2.05, 4.69) is 15.6 Å². The van der Waals surface area contributed by atoms with Crippen LogP contribution in [0.25, 0.3) is 0 Å². The van der Waals surface area contributed by atoms with Gasteiger partial charge in [0.25, 0.3) is 0 Å². The average molecular weight is 222 g/mol. The first-order valence-electron chi connectivity index (χ1n) is 4.56. The molecule has 2 heterocycles. The highest BCUT2D eigenvalue weighted by Gasteiger charge is 2.10. The fourth-order valence-electron chi connectivity index (χ4n) is 1.20. The van der Waals surface area contributed by atoms with E-state index in [4.69, 9.17) is 9.63 Å². The summed E-state index contributed by atoms with van der Waals surface area (Å²) in [6, 6.07) is 1.38. The van der Waals surface area contributed by atoms with E-state index in [1.807, 2.05) is 7.05 Å². The maximum absolute atomic E-state index is 10.5. The second-order valence-corrected chi connectivity index (χ2v) is 3.24. The molecule has 2 aromatic heterocycles. The zero-order valence-electron chi connectivity index (χ0n) is 8.54. The topological polar surface area (TPSA) is 93.2 Å². The third-order valence-electron chi connectivity index (χ3n) is 1.95. The molecule has 0 aliphatic heterocycles. The lowest BCUT2D eigenvalue weighted by atomic mass is 10.3. The molecular weight excluding hydrogens is 212 g/mol. The van der Waals surface area contributed by atoms with E-state index in [-0.39, 0.29) is 5.69 Å². The normalized spacial score (nSPS) is 10.3. The number of aromatic nitrogens is 3. The minimum Gasteiger partial charge on any atom is -0.476 e. The number of hydrogen-bond donors (Lipinski definition) is 2. The number of aryl methyl sites for hydroxylation is 1. The van der Waals surface area contributed by atoms with Crippen LogP contribution < -0.4 is 5.32 Å². The highest BCUT2D eigenvalue weighted by Crippen LogP contribution is 2.08. The van der Waals surface area contributed by atoms with Gasteiger partial charge in [-0.3, -0.25) is 4.68 Å². The summed E-state index contributed by atoms with van der Waals surface area (Å²) in [5.41, 5.74) is 0.735. The predicted molar refractivity (Wildman–Crippen MR) is 54.0 cm³/mol. The second-order valence-electron chi connectivity index (χ2n) is 3.24. The van der Waals surface area contributed by atoms with Gasteiger partial charge in [-0.25, -0.2) is 4.79 Å². The van der Waals surface area contributed by atoms with Crippen molar-refractivity contribution in [2.75, 3.05) is 5.32 Å². The molecule has 7 nitrogen and oxygen atoms in total. The van der Waals surface area contributed by atoms with Crippen LogP contribution in [-0.4, -0.2) is 26.0 Å². The average Bonchev–Trinajstić information content (AvgIpc) is 2.83. The number of nitrogens with one attached hydrogen (secondary N) is 1. The Bertz CT molecular complexity index is 502. The third-order valence-corrected chi connectivity index (χ3v) is 1.95. The summed E-state index contributed by atoms with van der Waals surface area (Å²) in [7, 11) is 1.81. The molecule has 84 valence electrons. The molecule has 0 saturated carbocycles. The van der Waals surface area contributed by atoms with E-state index in [0.717, 1.165) is 5.69 Å². The van der Waals surface area contributed by atoms with E-state index in [0.29, 0.717) is 12.3 Å². The number of anilines is 1. The molecule has 0 unspecified atom stereocenters. The lowest BCUT2D eigenvalue weighted by Gasteiger charge is -1.97. The Morgan fingerprint density at radius 3 is 3.06 bits per heavy atom. The highest BCUT2D eigenvalue weighted by atomic mass is 16.5. The highest BCUT2D eigenvalue weighted by molar-refractivity contribution is 5.85. The van der Waals surface area contributed by atoms with Crippen molar-refractivity contribution < 1.29 is 14.4 Å². The Labute approximate surface area is 90.7 Å². The molecule has 7 heteroatoms. The van der Waals surface area contributed by atoms with Crippen LogP contribution in [0.5, 0.6) is 0 Å². The van der Waals surface area contributed by atoms with E-state index in [9.17, 15) is 4.79 Å². The quantitative estimate of drug-likeness (QED) is 0.791. The van der Waals surface area contributed by atoms with E-state index >= 15 is 0 Å². The van der Waals surface area contributed by atoms with Crippen molar-refractivity contribution in [3.63, 3.8) is 0 Å². The molecule has 2 rings (SSSR count). The van der Waals surface area contributed by atoms with Gasteiger partial charge in [0, 0.05) is 19.3 Å². The van der Waals surface area contributed by atoms with Gasteiger partial charge < -0.3 is 14.9 Å². The number of hydrogen-bond acceptors (Lipinski definition) is 5.